The van der Waals surface area contributed by atoms with Gasteiger partial charge in [0.2, 0.25) is 0 Å². The van der Waals surface area contributed by atoms with Crippen LogP contribution in [0, 0.1) is 40.9 Å². The summed E-state index contributed by atoms with van der Waals surface area (Å²) in [5, 5.41) is 11.9. The number of carbonyl (C=O) groups is 5. The minimum atomic E-state index is -1.68. The lowest BCUT2D eigenvalue weighted by atomic mass is 9.71. The van der Waals surface area contributed by atoms with Gasteiger partial charge in [0, 0.05) is 35.6 Å². The number of carbonyl (C=O) groups excluding carboxylic acids is 4. The second-order valence-electron chi connectivity index (χ2n) is 15.3. The molecule has 3 rings (SSSR count). The van der Waals surface area contributed by atoms with Gasteiger partial charge in [-0.15, -0.1) is 0 Å². The second-order valence-corrected chi connectivity index (χ2v) is 15.3. The SMILES string of the molecule is CC[C@H]1OC(=O)C(C)(C)C(=O)[C@H](C)[C@@H](O[C@@H]2O[C@H](C)C[C@H](N(C)C)[C@H]2C)[C@@](C)(OCC#CC(=O)O)C[C@@H](C)C(=O)[C@H](C)[C@H]2NC(=O)O[C@@]21C. The molecule has 13 nitrogen and oxygen atoms in total. The molecule has 0 saturated carbocycles. The summed E-state index contributed by atoms with van der Waals surface area (Å²) in [4.78, 5) is 68.6. The second kappa shape index (κ2) is 15.5. The highest BCUT2D eigenvalue weighted by molar-refractivity contribution is 6.04. The highest BCUT2D eigenvalue weighted by Gasteiger charge is 2.58. The molecule has 3 aliphatic rings. The summed E-state index contributed by atoms with van der Waals surface area (Å²) in [7, 11) is 3.96. The molecular weight excluding hydrogens is 636 g/mol. The number of aliphatic carboxylic acids is 1. The summed E-state index contributed by atoms with van der Waals surface area (Å²) in [6, 6.07) is -0.765. The number of amides is 1. The van der Waals surface area contributed by atoms with E-state index in [1.807, 2.05) is 33.9 Å². The largest absolute Gasteiger partial charge is 0.472 e. The fourth-order valence-corrected chi connectivity index (χ4v) is 7.95. The Morgan fingerprint density at radius 3 is 2.24 bits per heavy atom. The summed E-state index contributed by atoms with van der Waals surface area (Å²) in [6.07, 6.45) is -2.73. The van der Waals surface area contributed by atoms with Crippen LogP contribution in [-0.4, -0.2) is 108 Å². The van der Waals surface area contributed by atoms with E-state index in [1.165, 1.54) is 13.8 Å². The Hall–Kier alpha value is -3.05. The molecule has 0 bridgehead atoms. The van der Waals surface area contributed by atoms with Gasteiger partial charge >= 0.3 is 18.0 Å². The van der Waals surface area contributed by atoms with Crippen molar-refractivity contribution < 1.29 is 52.8 Å². The van der Waals surface area contributed by atoms with Crippen LogP contribution in [0.4, 0.5) is 4.79 Å². The predicted octanol–water partition coefficient (Wildman–Crippen LogP) is 3.60. The molecule has 0 aromatic carbocycles. The summed E-state index contributed by atoms with van der Waals surface area (Å²) < 4.78 is 31.2. The minimum Gasteiger partial charge on any atom is -0.472 e. The summed E-state index contributed by atoms with van der Waals surface area (Å²) in [6.45, 7) is 16.7. The van der Waals surface area contributed by atoms with Crippen molar-refractivity contribution in [2.45, 2.75) is 136 Å². The summed E-state index contributed by atoms with van der Waals surface area (Å²) in [5.41, 5.74) is -4.52. The van der Waals surface area contributed by atoms with Crippen molar-refractivity contribution in [1.82, 2.24) is 10.2 Å². The van der Waals surface area contributed by atoms with Gasteiger partial charge in [-0.25, -0.2) is 9.59 Å². The first-order valence-electron chi connectivity index (χ1n) is 17.2. The van der Waals surface area contributed by atoms with Crippen LogP contribution in [0.25, 0.3) is 0 Å². The molecule has 1 amide bonds. The minimum absolute atomic E-state index is 0.0291. The molecule has 2 N–H and O–H groups in total. The number of esters is 1. The number of alkyl carbamates (subject to hydrolysis) is 1. The lowest BCUT2D eigenvalue weighted by Crippen LogP contribution is -2.60. The van der Waals surface area contributed by atoms with Crippen molar-refractivity contribution in [3.8, 4) is 11.8 Å². The van der Waals surface area contributed by atoms with Gasteiger partial charge in [-0.1, -0.05) is 40.5 Å². The van der Waals surface area contributed by atoms with Gasteiger partial charge in [0.05, 0.1) is 23.9 Å². The Morgan fingerprint density at radius 2 is 1.67 bits per heavy atom. The molecule has 3 heterocycles. The standard InChI is InChI=1S/C36H56N2O11/c1-13-25-36(10)28(37-33(44)49-36)22(5)27(41)19(2)18-35(9,45-16-14-15-26(39)40)30(23(6)29(42)34(7,8)32(43)47-25)48-31-21(4)24(38(11)12)17-20(3)46-31/h19-25,28,30-31H,13,16-18H2,1-12H3,(H,37,44)(H,39,40)/t19-,20-,21-,22+,23+,24+,25-,28-,30-,31+,35+,36-/m1/s1. The summed E-state index contributed by atoms with van der Waals surface area (Å²) >= 11 is 0. The van der Waals surface area contributed by atoms with Gasteiger partial charge in [0.15, 0.2) is 17.7 Å². The lowest BCUT2D eigenvalue weighted by molar-refractivity contribution is -0.282. The van der Waals surface area contributed by atoms with E-state index >= 15 is 0 Å². The van der Waals surface area contributed by atoms with Gasteiger partial charge in [-0.3, -0.25) is 14.4 Å². The number of carboxylic acid groups (broad SMARTS) is 1. The van der Waals surface area contributed by atoms with Crippen LogP contribution in [0.15, 0.2) is 0 Å². The van der Waals surface area contributed by atoms with Gasteiger partial charge in [-0.2, -0.15) is 0 Å². The molecule has 0 spiro atoms. The molecular formula is C36H56N2O11. The highest BCUT2D eigenvalue weighted by Crippen LogP contribution is 2.42. The maximum absolute atomic E-state index is 14.5. The quantitative estimate of drug-likeness (QED) is 0.236. The Kier molecular flexibility index (Phi) is 12.7. The number of hydrogen-bond donors (Lipinski definition) is 2. The van der Waals surface area contributed by atoms with Gasteiger partial charge in [0.25, 0.3) is 0 Å². The first kappa shape index (κ1) is 40.4. The molecule has 3 fully saturated rings. The predicted molar refractivity (Wildman–Crippen MR) is 178 cm³/mol. The molecule has 276 valence electrons. The molecule has 12 atom stereocenters. The Bertz CT molecular complexity index is 1340. The van der Waals surface area contributed by atoms with Crippen molar-refractivity contribution in [2.24, 2.45) is 29.1 Å². The number of ether oxygens (including phenoxy) is 5. The van der Waals surface area contributed by atoms with E-state index in [9.17, 15) is 24.0 Å². The number of nitrogens with zero attached hydrogens (tertiary/aromatic N) is 1. The van der Waals surface area contributed by atoms with Crippen molar-refractivity contribution >= 4 is 29.6 Å². The van der Waals surface area contributed by atoms with E-state index in [4.69, 9.17) is 28.8 Å². The van der Waals surface area contributed by atoms with Crippen LogP contribution in [0.1, 0.15) is 88.5 Å². The van der Waals surface area contributed by atoms with Crippen LogP contribution in [0.5, 0.6) is 0 Å². The van der Waals surface area contributed by atoms with E-state index in [0.717, 1.165) is 6.42 Å². The molecule has 3 saturated heterocycles. The van der Waals surface area contributed by atoms with Crippen molar-refractivity contribution in [3.05, 3.63) is 0 Å². The number of carboxylic acids is 1. The molecule has 49 heavy (non-hydrogen) atoms. The fourth-order valence-electron chi connectivity index (χ4n) is 7.95. The van der Waals surface area contributed by atoms with E-state index in [-0.39, 0.29) is 43.3 Å². The number of ketones is 2. The summed E-state index contributed by atoms with van der Waals surface area (Å²) in [5.74, 6) is -1.01. The van der Waals surface area contributed by atoms with Gasteiger partial charge in [0.1, 0.15) is 23.9 Å². The lowest BCUT2D eigenvalue weighted by Gasteiger charge is -2.48. The molecule has 0 aliphatic carbocycles. The van der Waals surface area contributed by atoms with E-state index in [2.05, 4.69) is 16.1 Å². The molecule has 0 radical (unpaired) electrons. The van der Waals surface area contributed by atoms with Crippen molar-refractivity contribution in [2.75, 3.05) is 20.7 Å². The number of cyclic esters (lactones) is 1. The van der Waals surface area contributed by atoms with Crippen LogP contribution < -0.4 is 5.32 Å². The Morgan fingerprint density at radius 1 is 1.04 bits per heavy atom. The average Bonchev–Trinajstić information content (AvgIpc) is 3.33. The third kappa shape index (κ3) is 8.47. The van der Waals surface area contributed by atoms with Gasteiger partial charge in [-0.05, 0) is 68.0 Å². The smallest absolute Gasteiger partial charge is 0.408 e. The van der Waals surface area contributed by atoms with E-state index < -0.39 is 82.7 Å². The van der Waals surface area contributed by atoms with Gasteiger partial charge < -0.3 is 39.0 Å². The van der Waals surface area contributed by atoms with Crippen molar-refractivity contribution in [3.63, 3.8) is 0 Å². The third-order valence-corrected chi connectivity index (χ3v) is 10.8. The molecule has 13 heteroatoms. The molecule has 0 aromatic heterocycles. The van der Waals surface area contributed by atoms with Crippen LogP contribution >= 0.6 is 0 Å². The van der Waals surface area contributed by atoms with E-state index in [1.54, 1.807) is 41.5 Å². The van der Waals surface area contributed by atoms with Crippen LogP contribution in [-0.2, 0) is 42.9 Å². The number of rotatable bonds is 6. The normalized spacial score (nSPS) is 40.3. The third-order valence-electron chi connectivity index (χ3n) is 10.8. The fraction of sp³-hybridized carbons (Fsp3) is 0.806. The topological polar surface area (TPSA) is 167 Å². The van der Waals surface area contributed by atoms with Crippen LogP contribution in [0.3, 0.4) is 0 Å². The van der Waals surface area contributed by atoms with E-state index in [0.29, 0.717) is 0 Å². The first-order valence-corrected chi connectivity index (χ1v) is 17.2. The highest BCUT2D eigenvalue weighted by atomic mass is 16.7. The molecule has 0 aromatic rings. The zero-order valence-corrected chi connectivity index (χ0v) is 31.1. The average molecular weight is 693 g/mol. The van der Waals surface area contributed by atoms with Crippen molar-refractivity contribution in [1.29, 1.82) is 0 Å². The zero-order valence-electron chi connectivity index (χ0n) is 31.1. The molecule has 0 unspecified atom stereocenters. The molecule has 3 aliphatic heterocycles. The Labute approximate surface area is 290 Å². The monoisotopic (exact) mass is 692 g/mol. The maximum atomic E-state index is 14.5. The Balaban J connectivity index is 2.22. The van der Waals surface area contributed by atoms with Crippen LogP contribution in [0.2, 0.25) is 0 Å². The number of nitrogens with one attached hydrogen (secondary N) is 1. The maximum Gasteiger partial charge on any atom is 0.408 e. The number of fused-ring (bicyclic) bond motifs is 1. The number of Topliss-reactive ketones (excluding diaryl/α,β-unsaturated/α-hetero) is 2. The zero-order chi connectivity index (χ0) is 37.2. The first-order chi connectivity index (χ1) is 22.6. The number of hydrogen-bond acceptors (Lipinski definition) is 11.